The van der Waals surface area contributed by atoms with Gasteiger partial charge < -0.3 is 5.32 Å². The number of amides is 1. The van der Waals surface area contributed by atoms with E-state index >= 15 is 0 Å². The van der Waals surface area contributed by atoms with Crippen molar-refractivity contribution in [3.05, 3.63) is 10.4 Å². The van der Waals surface area contributed by atoms with Gasteiger partial charge in [-0.05, 0) is 18.9 Å². The van der Waals surface area contributed by atoms with E-state index in [9.17, 15) is 4.79 Å². The highest BCUT2D eigenvalue weighted by Gasteiger charge is 2.05. The Balaban J connectivity index is 3.31. The summed E-state index contributed by atoms with van der Waals surface area (Å²) in [5, 5.41) is 6.05. The number of carbonyl (C=O) groups is 1. The third kappa shape index (κ3) is 6.23. The lowest BCUT2D eigenvalue weighted by atomic mass is 10.4. The summed E-state index contributed by atoms with van der Waals surface area (Å²) in [4.78, 5) is 13.6. The van der Waals surface area contributed by atoms with Crippen LogP contribution in [0.5, 0.6) is 0 Å². The minimum atomic E-state index is -0.0120. The molecule has 0 fully saturated rings. The molecular formula is C6H11IN4O. The maximum atomic E-state index is 11.0. The molecule has 0 bridgehead atoms. The van der Waals surface area contributed by atoms with E-state index in [0.29, 0.717) is 19.5 Å². The number of nitrogens with zero attached hydrogens (tertiary/aromatic N) is 3. The van der Waals surface area contributed by atoms with Gasteiger partial charge in [0.1, 0.15) is 0 Å². The molecule has 0 aliphatic heterocycles. The third-order valence-corrected chi connectivity index (χ3v) is 1.72. The molecule has 1 atom stereocenters. The summed E-state index contributed by atoms with van der Waals surface area (Å²) in [6, 6.07) is 0. The fraction of sp³-hybridized carbons (Fsp3) is 0.833. The van der Waals surface area contributed by atoms with Gasteiger partial charge in [0.2, 0.25) is 5.91 Å². The Hall–Kier alpha value is -0.490. The highest BCUT2D eigenvalue weighted by atomic mass is 127. The van der Waals surface area contributed by atoms with Crippen LogP contribution in [0.25, 0.3) is 10.4 Å². The summed E-state index contributed by atoms with van der Waals surface area (Å²) in [5.74, 6) is 0.0246. The maximum absolute atomic E-state index is 11.0. The number of azide groups is 1. The van der Waals surface area contributed by atoms with Crippen molar-refractivity contribution in [2.75, 3.05) is 13.1 Å². The van der Waals surface area contributed by atoms with Gasteiger partial charge in [0, 0.05) is 18.0 Å². The van der Waals surface area contributed by atoms with Crippen LogP contribution in [0, 0.1) is 0 Å². The van der Waals surface area contributed by atoms with E-state index in [2.05, 4.69) is 15.3 Å². The van der Waals surface area contributed by atoms with Gasteiger partial charge >= 0.3 is 0 Å². The Morgan fingerprint density at radius 2 is 2.50 bits per heavy atom. The molecule has 0 heterocycles. The van der Waals surface area contributed by atoms with Gasteiger partial charge in [-0.2, -0.15) is 0 Å². The van der Waals surface area contributed by atoms with Crippen molar-refractivity contribution >= 4 is 28.5 Å². The average Bonchev–Trinajstić information content (AvgIpc) is 2.03. The number of nitrogens with one attached hydrogen (secondary N) is 1. The largest absolute Gasteiger partial charge is 0.355 e. The van der Waals surface area contributed by atoms with Crippen LogP contribution in [-0.4, -0.2) is 22.9 Å². The topological polar surface area (TPSA) is 77.9 Å². The summed E-state index contributed by atoms with van der Waals surface area (Å²) in [6.45, 7) is 2.83. The average molecular weight is 282 g/mol. The number of alkyl halides is 1. The fourth-order valence-electron chi connectivity index (χ4n) is 0.547. The Labute approximate surface area is 84.7 Å². The molecule has 6 heteroatoms. The van der Waals surface area contributed by atoms with E-state index < -0.39 is 0 Å². The number of rotatable bonds is 5. The van der Waals surface area contributed by atoms with Gasteiger partial charge in [0.15, 0.2) is 0 Å². The Morgan fingerprint density at radius 3 is 3.00 bits per heavy atom. The first-order valence-electron chi connectivity index (χ1n) is 3.61. The van der Waals surface area contributed by atoms with E-state index in [1.165, 1.54) is 0 Å². The first-order chi connectivity index (χ1) is 5.68. The molecule has 0 aromatic carbocycles. The van der Waals surface area contributed by atoms with Crippen LogP contribution >= 0.6 is 22.6 Å². The molecule has 1 amide bonds. The zero-order valence-electron chi connectivity index (χ0n) is 6.83. The maximum Gasteiger partial charge on any atom is 0.232 e. The van der Waals surface area contributed by atoms with Crippen LogP contribution in [0.3, 0.4) is 0 Å². The summed E-state index contributed by atoms with van der Waals surface area (Å²) in [5.41, 5.74) is 7.93. The van der Waals surface area contributed by atoms with Crippen molar-refractivity contribution in [1.29, 1.82) is 0 Å². The summed E-state index contributed by atoms with van der Waals surface area (Å²) >= 11 is 2.04. The number of hydrogen-bond donors (Lipinski definition) is 1. The summed E-state index contributed by atoms with van der Waals surface area (Å²) in [7, 11) is 0. The Morgan fingerprint density at radius 1 is 1.83 bits per heavy atom. The van der Waals surface area contributed by atoms with E-state index in [-0.39, 0.29) is 9.83 Å². The number of halogens is 1. The Bertz CT molecular complexity index is 188. The lowest BCUT2D eigenvalue weighted by Gasteiger charge is -2.04. The number of hydrogen-bond acceptors (Lipinski definition) is 2. The molecule has 0 spiro atoms. The molecule has 0 saturated heterocycles. The highest BCUT2D eigenvalue weighted by molar-refractivity contribution is 14.1. The van der Waals surface area contributed by atoms with Gasteiger partial charge in [0.05, 0.1) is 3.92 Å². The third-order valence-electron chi connectivity index (χ3n) is 1.16. The fourth-order valence-corrected chi connectivity index (χ4v) is 0.767. The van der Waals surface area contributed by atoms with Crippen LogP contribution in [-0.2, 0) is 4.79 Å². The zero-order valence-corrected chi connectivity index (χ0v) is 8.98. The van der Waals surface area contributed by atoms with E-state index in [4.69, 9.17) is 5.53 Å². The quantitative estimate of drug-likeness (QED) is 0.204. The predicted molar refractivity (Wildman–Crippen MR) is 55.1 cm³/mol. The zero-order chi connectivity index (χ0) is 9.40. The van der Waals surface area contributed by atoms with E-state index in [1.54, 1.807) is 0 Å². The van der Waals surface area contributed by atoms with Crippen molar-refractivity contribution < 1.29 is 4.79 Å². The minimum Gasteiger partial charge on any atom is -0.355 e. The monoisotopic (exact) mass is 282 g/mol. The number of carbonyl (C=O) groups excluding carboxylic acids is 1. The smallest absolute Gasteiger partial charge is 0.232 e. The van der Waals surface area contributed by atoms with Crippen LogP contribution in [0.1, 0.15) is 13.3 Å². The van der Waals surface area contributed by atoms with Gasteiger partial charge in [-0.15, -0.1) is 0 Å². The SMILES string of the molecule is CC(I)C(=O)NCCCN=[N+]=[N-]. The lowest BCUT2D eigenvalue weighted by Crippen LogP contribution is -2.30. The standard InChI is InChI=1S/C6H11IN4O/c1-5(7)6(12)9-3-2-4-10-11-8/h5H,2-4H2,1H3,(H,9,12). The predicted octanol–water partition coefficient (Wildman–Crippen LogP) is 1.63. The first kappa shape index (κ1) is 11.5. The molecule has 0 aliphatic rings. The molecule has 0 saturated carbocycles. The van der Waals surface area contributed by atoms with Crippen molar-refractivity contribution in [3.63, 3.8) is 0 Å². The molecule has 1 unspecified atom stereocenters. The first-order valence-corrected chi connectivity index (χ1v) is 4.85. The van der Waals surface area contributed by atoms with Gasteiger partial charge in [0.25, 0.3) is 0 Å². The van der Waals surface area contributed by atoms with Crippen LogP contribution in [0.15, 0.2) is 5.11 Å². The van der Waals surface area contributed by atoms with Crippen molar-refractivity contribution in [2.45, 2.75) is 17.3 Å². The molecule has 0 aromatic rings. The van der Waals surface area contributed by atoms with Gasteiger partial charge in [-0.3, -0.25) is 4.79 Å². The molecule has 68 valence electrons. The summed E-state index contributed by atoms with van der Waals surface area (Å²) < 4.78 is -0.0120. The molecule has 0 aliphatic carbocycles. The van der Waals surface area contributed by atoms with Gasteiger partial charge in [-0.1, -0.05) is 27.7 Å². The molecule has 0 aromatic heterocycles. The second-order valence-electron chi connectivity index (χ2n) is 2.22. The molecule has 5 nitrogen and oxygen atoms in total. The normalized spacial score (nSPS) is 11.5. The summed E-state index contributed by atoms with van der Waals surface area (Å²) in [6.07, 6.45) is 0.694. The van der Waals surface area contributed by atoms with Crippen LogP contribution in [0.2, 0.25) is 0 Å². The molecular weight excluding hydrogens is 271 g/mol. The molecule has 0 rings (SSSR count). The van der Waals surface area contributed by atoms with E-state index in [1.807, 2.05) is 29.5 Å². The highest BCUT2D eigenvalue weighted by Crippen LogP contribution is 1.96. The second kappa shape index (κ2) is 7.17. The van der Waals surface area contributed by atoms with E-state index in [0.717, 1.165) is 0 Å². The molecule has 0 radical (unpaired) electrons. The second-order valence-corrected chi connectivity index (χ2v) is 4.08. The lowest BCUT2D eigenvalue weighted by molar-refractivity contribution is -0.119. The van der Waals surface area contributed by atoms with Crippen LogP contribution in [0.4, 0.5) is 0 Å². The van der Waals surface area contributed by atoms with Crippen LogP contribution < -0.4 is 5.32 Å². The van der Waals surface area contributed by atoms with Crippen molar-refractivity contribution in [1.82, 2.24) is 5.32 Å². The van der Waals surface area contributed by atoms with Crippen molar-refractivity contribution in [2.24, 2.45) is 5.11 Å². The molecule has 1 N–H and O–H groups in total. The van der Waals surface area contributed by atoms with Crippen molar-refractivity contribution in [3.8, 4) is 0 Å². The van der Waals surface area contributed by atoms with Gasteiger partial charge in [-0.25, -0.2) is 0 Å². The minimum absolute atomic E-state index is 0.0120. The molecule has 12 heavy (non-hydrogen) atoms. The Kier molecular flexibility index (Phi) is 6.88.